The number of aliphatic imine (C=N–C) groups is 1. The van der Waals surface area contributed by atoms with Gasteiger partial charge in [0.15, 0.2) is 5.82 Å². The predicted octanol–water partition coefficient (Wildman–Crippen LogP) is 5.90. The molecule has 1 saturated heterocycles. The minimum Gasteiger partial charge on any atom is -0.477 e. The highest BCUT2D eigenvalue weighted by Crippen LogP contribution is 2.59. The zero-order valence-electron chi connectivity index (χ0n) is 26.9. The van der Waals surface area contributed by atoms with Crippen molar-refractivity contribution >= 4 is 29.5 Å². The van der Waals surface area contributed by atoms with Gasteiger partial charge < -0.3 is 20.1 Å². The zero-order chi connectivity index (χ0) is 33.0. The maximum Gasteiger partial charge on any atom is 0.394 e. The van der Waals surface area contributed by atoms with Gasteiger partial charge in [-0.1, -0.05) is 6.92 Å². The molecule has 1 saturated carbocycles. The molecule has 250 valence electrons. The Morgan fingerprint density at radius 2 is 1.91 bits per heavy atom. The number of aromatic nitrogens is 3. The molecule has 0 radical (unpaired) electrons. The summed E-state index contributed by atoms with van der Waals surface area (Å²) in [7, 11) is 1.00. The Morgan fingerprint density at radius 3 is 2.58 bits per heavy atom. The average Bonchev–Trinajstić information content (AvgIpc) is 3.54. The monoisotopic (exact) mass is 653 g/mol. The lowest BCUT2D eigenvalue weighted by Crippen LogP contribution is -2.40. The molecule has 3 atom stereocenters. The van der Waals surface area contributed by atoms with E-state index in [4.69, 9.17) is 19.8 Å². The highest BCUT2D eigenvalue weighted by molar-refractivity contribution is 7.98. The van der Waals surface area contributed by atoms with Gasteiger partial charge in [0.1, 0.15) is 11.2 Å². The van der Waals surface area contributed by atoms with Crippen LogP contribution in [0.1, 0.15) is 89.9 Å². The number of nitrogens with zero attached hydrogens (tertiary/aromatic N) is 5. The van der Waals surface area contributed by atoms with E-state index in [0.29, 0.717) is 23.1 Å². The van der Waals surface area contributed by atoms with Crippen molar-refractivity contribution in [2.75, 3.05) is 25.2 Å². The lowest BCUT2D eigenvalue weighted by Gasteiger charge is -2.34. The fourth-order valence-corrected chi connectivity index (χ4v) is 6.87. The number of halogens is 3. The van der Waals surface area contributed by atoms with Gasteiger partial charge in [0.05, 0.1) is 23.4 Å². The molecule has 2 aliphatic heterocycles. The molecule has 4 heterocycles. The molecule has 0 spiro atoms. The number of ether oxygens (including phenoxy) is 1. The Kier molecular flexibility index (Phi) is 11.0. The van der Waals surface area contributed by atoms with Crippen molar-refractivity contribution in [1.82, 2.24) is 24.8 Å². The quantitative estimate of drug-likeness (QED) is 0.331. The Balaban J connectivity index is 0.00000226. The summed E-state index contributed by atoms with van der Waals surface area (Å²) >= 11 is 1.29. The van der Waals surface area contributed by atoms with E-state index in [1.54, 1.807) is 24.4 Å². The van der Waals surface area contributed by atoms with E-state index in [9.17, 15) is 18.0 Å². The SMILES string of the molecule is CCC1/N=C(\C)NC(C)CCC2CN(c3nc(-n4ccc(OCCC5(C(F)(F)F)CC5)n4)ccc3C(=O)NS1)C(C)(C)C2.CO. The molecule has 5 rings (SSSR count). The van der Waals surface area contributed by atoms with Crippen molar-refractivity contribution in [1.29, 1.82) is 0 Å². The standard InChI is InChI=1S/C30H42F3N7O2S.CH4O/c1-6-25-35-20(3)34-19(2)7-8-21-17-28(4,5)39(18-21)26-22(27(41)38-43-25)9-10-23(36-26)40-15-11-24(37-40)42-16-14-29(12-13-29)30(31,32)33;1-2/h9-11,15,19,21,25H,6-8,12-14,16-18H2,1-5H3,(H,34,35)(H,38,41);2H,1H3. The van der Waals surface area contributed by atoms with Gasteiger partial charge in [0.2, 0.25) is 5.88 Å². The minimum atomic E-state index is -4.21. The summed E-state index contributed by atoms with van der Waals surface area (Å²) in [5.74, 6) is 2.35. The first-order chi connectivity index (χ1) is 21.3. The molecule has 2 aromatic heterocycles. The topological polar surface area (TPSA) is 117 Å². The fourth-order valence-electron chi connectivity index (χ4n) is 6.14. The van der Waals surface area contributed by atoms with Crippen LogP contribution in [-0.2, 0) is 0 Å². The van der Waals surface area contributed by atoms with Crippen molar-refractivity contribution < 1.29 is 27.8 Å². The van der Waals surface area contributed by atoms with Crippen LogP contribution in [0.5, 0.6) is 5.88 Å². The van der Waals surface area contributed by atoms with E-state index in [0.717, 1.165) is 45.2 Å². The van der Waals surface area contributed by atoms with Gasteiger partial charge in [-0.2, -0.15) is 13.2 Å². The highest BCUT2D eigenvalue weighted by Gasteiger charge is 2.62. The molecule has 14 heteroatoms. The summed E-state index contributed by atoms with van der Waals surface area (Å²) in [6.07, 6.45) is 1.42. The fraction of sp³-hybridized carbons (Fsp3) is 0.677. The summed E-state index contributed by atoms with van der Waals surface area (Å²) in [6, 6.07) is 5.38. The summed E-state index contributed by atoms with van der Waals surface area (Å²) in [5.41, 5.74) is -1.38. The smallest absolute Gasteiger partial charge is 0.394 e. The van der Waals surface area contributed by atoms with Crippen LogP contribution in [0.15, 0.2) is 29.4 Å². The summed E-state index contributed by atoms with van der Waals surface area (Å²) in [6.45, 7) is 11.2. The first-order valence-corrected chi connectivity index (χ1v) is 16.4. The number of pyridine rings is 1. The number of rotatable bonds is 6. The molecular weight excluding hydrogens is 607 g/mol. The molecule has 3 aliphatic rings. The Labute approximate surface area is 267 Å². The van der Waals surface area contributed by atoms with Crippen LogP contribution in [0.4, 0.5) is 19.0 Å². The lowest BCUT2D eigenvalue weighted by molar-refractivity contribution is -0.190. The maximum absolute atomic E-state index is 13.6. The van der Waals surface area contributed by atoms with Crippen molar-refractivity contribution in [2.24, 2.45) is 16.3 Å². The van der Waals surface area contributed by atoms with Gasteiger partial charge in [0.25, 0.3) is 5.91 Å². The molecule has 0 aromatic carbocycles. The number of hydrogen-bond acceptors (Lipinski definition) is 9. The third-order valence-electron chi connectivity index (χ3n) is 8.84. The van der Waals surface area contributed by atoms with E-state index < -0.39 is 11.6 Å². The van der Waals surface area contributed by atoms with E-state index in [1.165, 1.54) is 16.6 Å². The number of amidine groups is 1. The molecule has 2 fully saturated rings. The van der Waals surface area contributed by atoms with Crippen LogP contribution >= 0.6 is 11.9 Å². The second-order valence-electron chi connectivity index (χ2n) is 12.8. The molecule has 3 N–H and O–H groups in total. The summed E-state index contributed by atoms with van der Waals surface area (Å²) in [4.78, 5) is 25.5. The molecule has 3 unspecified atom stereocenters. The van der Waals surface area contributed by atoms with Crippen LogP contribution in [0.25, 0.3) is 5.82 Å². The van der Waals surface area contributed by atoms with Gasteiger partial charge >= 0.3 is 6.18 Å². The van der Waals surface area contributed by atoms with Crippen molar-refractivity contribution in [2.45, 2.75) is 103 Å². The van der Waals surface area contributed by atoms with Gasteiger partial charge in [-0.15, -0.1) is 5.10 Å². The van der Waals surface area contributed by atoms with Gasteiger partial charge in [-0.05, 0) is 103 Å². The van der Waals surface area contributed by atoms with Crippen molar-refractivity contribution in [3.05, 3.63) is 30.0 Å². The number of carbonyl (C=O) groups excluding carboxylic acids is 1. The van der Waals surface area contributed by atoms with Gasteiger partial charge in [-0.25, -0.2) is 9.67 Å². The van der Waals surface area contributed by atoms with Crippen LogP contribution in [0, 0.1) is 11.3 Å². The molecule has 1 amide bonds. The molecule has 1 aliphatic carbocycles. The van der Waals surface area contributed by atoms with Crippen LogP contribution in [-0.4, -0.2) is 75.0 Å². The minimum absolute atomic E-state index is 0.0637. The second kappa shape index (κ2) is 14.2. The van der Waals surface area contributed by atoms with E-state index in [-0.39, 0.29) is 54.6 Å². The molecule has 2 bridgehead atoms. The molecule has 45 heavy (non-hydrogen) atoms. The number of carbonyl (C=O) groups is 1. The first-order valence-electron chi connectivity index (χ1n) is 15.6. The highest BCUT2D eigenvalue weighted by atomic mass is 32.2. The number of anilines is 1. The number of aliphatic hydroxyl groups excluding tert-OH is 1. The van der Waals surface area contributed by atoms with Crippen LogP contribution < -0.4 is 19.7 Å². The molecule has 10 nitrogen and oxygen atoms in total. The Bertz CT molecular complexity index is 1350. The largest absolute Gasteiger partial charge is 0.477 e. The van der Waals surface area contributed by atoms with E-state index in [1.807, 2.05) is 13.8 Å². The number of fused-ring (bicyclic) bond motifs is 4. The lowest BCUT2D eigenvalue weighted by atomic mass is 9.92. The molecular formula is C31H46F3N7O3S. The Morgan fingerprint density at radius 1 is 1.18 bits per heavy atom. The Hall–Kier alpha value is -3.00. The predicted molar refractivity (Wildman–Crippen MR) is 171 cm³/mol. The second-order valence-corrected chi connectivity index (χ2v) is 13.7. The van der Waals surface area contributed by atoms with Crippen LogP contribution in [0.3, 0.4) is 0 Å². The number of hydrogen-bond donors (Lipinski definition) is 3. The van der Waals surface area contributed by atoms with E-state index >= 15 is 0 Å². The number of amides is 1. The van der Waals surface area contributed by atoms with Crippen molar-refractivity contribution in [3.8, 4) is 11.7 Å². The van der Waals surface area contributed by atoms with Crippen LogP contribution in [0.2, 0.25) is 0 Å². The third kappa shape index (κ3) is 8.24. The van der Waals surface area contributed by atoms with Gasteiger partial charge in [0, 0.05) is 37.5 Å². The zero-order valence-corrected chi connectivity index (χ0v) is 27.8. The van der Waals surface area contributed by atoms with E-state index in [2.05, 4.69) is 40.8 Å². The normalized spacial score (nSPS) is 25.6. The maximum atomic E-state index is 13.6. The number of alkyl halides is 3. The van der Waals surface area contributed by atoms with Gasteiger partial charge in [-0.3, -0.25) is 14.5 Å². The summed E-state index contributed by atoms with van der Waals surface area (Å²) < 4.78 is 50.0. The van der Waals surface area contributed by atoms with Crippen molar-refractivity contribution in [3.63, 3.8) is 0 Å². The molecule has 2 aromatic rings. The summed E-state index contributed by atoms with van der Waals surface area (Å²) in [5, 5.41) is 14.8. The third-order valence-corrected chi connectivity index (χ3v) is 9.86. The average molecular weight is 654 g/mol. The number of nitrogens with one attached hydrogen (secondary N) is 2. The number of aliphatic hydroxyl groups is 1. The first kappa shape index (κ1) is 34.9.